The van der Waals surface area contributed by atoms with Crippen molar-refractivity contribution >= 4 is 22.2 Å². The third kappa shape index (κ3) is 3.77. The fourth-order valence-electron chi connectivity index (χ4n) is 3.88. The van der Waals surface area contributed by atoms with Crippen molar-refractivity contribution in [2.24, 2.45) is 11.0 Å². The molecular formula is C26H26N2. The number of hydrogen-bond acceptors (Lipinski definition) is 2. The minimum absolute atomic E-state index is 0.481. The highest BCUT2D eigenvalue weighted by Gasteiger charge is 2.21. The third-order valence-electron chi connectivity index (χ3n) is 5.69. The molecule has 2 heteroatoms. The van der Waals surface area contributed by atoms with Crippen LogP contribution in [0.3, 0.4) is 0 Å². The summed E-state index contributed by atoms with van der Waals surface area (Å²) in [6.07, 6.45) is 3.16. The summed E-state index contributed by atoms with van der Waals surface area (Å²) in [6.45, 7) is 6.71. The van der Waals surface area contributed by atoms with Crippen LogP contribution in [0.4, 0.5) is 5.69 Å². The Morgan fingerprint density at radius 2 is 1.61 bits per heavy atom. The first-order valence-electron chi connectivity index (χ1n) is 9.86. The summed E-state index contributed by atoms with van der Waals surface area (Å²) in [7, 11) is 0. The normalized spacial score (nSPS) is 17.2. The van der Waals surface area contributed by atoms with Gasteiger partial charge in [-0.25, -0.2) is 0 Å². The second-order valence-electron chi connectivity index (χ2n) is 7.59. The molecule has 0 aliphatic heterocycles. The van der Waals surface area contributed by atoms with Crippen LogP contribution in [0.25, 0.3) is 10.8 Å². The first kappa shape index (κ1) is 18.2. The van der Waals surface area contributed by atoms with Crippen LogP contribution in [-0.4, -0.2) is 5.71 Å². The van der Waals surface area contributed by atoms with E-state index in [-0.39, 0.29) is 0 Å². The van der Waals surface area contributed by atoms with Gasteiger partial charge in [0, 0.05) is 6.42 Å². The van der Waals surface area contributed by atoms with E-state index in [2.05, 4.69) is 99.0 Å². The van der Waals surface area contributed by atoms with Crippen LogP contribution >= 0.6 is 0 Å². The van der Waals surface area contributed by atoms with Crippen LogP contribution in [0.2, 0.25) is 0 Å². The van der Waals surface area contributed by atoms with Gasteiger partial charge in [-0.3, -0.25) is 5.43 Å². The molecule has 3 aromatic carbocycles. The number of hydrazone groups is 1. The molecule has 0 spiro atoms. The first-order chi connectivity index (χ1) is 13.6. The van der Waals surface area contributed by atoms with Crippen LogP contribution < -0.4 is 5.43 Å². The maximum Gasteiger partial charge on any atom is 0.0720 e. The predicted octanol–water partition coefficient (Wildman–Crippen LogP) is 6.96. The van der Waals surface area contributed by atoms with Gasteiger partial charge in [-0.05, 0) is 48.2 Å². The van der Waals surface area contributed by atoms with Crippen LogP contribution in [0, 0.1) is 5.92 Å². The molecule has 1 N–H and O–H groups in total. The van der Waals surface area contributed by atoms with Crippen molar-refractivity contribution in [1.29, 1.82) is 0 Å². The lowest BCUT2D eigenvalue weighted by Crippen LogP contribution is -2.09. The second-order valence-corrected chi connectivity index (χ2v) is 7.59. The van der Waals surface area contributed by atoms with Crippen LogP contribution in [0.1, 0.15) is 32.8 Å². The van der Waals surface area contributed by atoms with E-state index in [9.17, 15) is 0 Å². The van der Waals surface area contributed by atoms with Crippen molar-refractivity contribution in [1.82, 2.24) is 0 Å². The van der Waals surface area contributed by atoms with E-state index in [1.165, 1.54) is 27.5 Å². The molecule has 2 nitrogen and oxygen atoms in total. The Balaban J connectivity index is 1.64. The van der Waals surface area contributed by atoms with E-state index in [0.29, 0.717) is 5.92 Å². The Kier molecular flexibility index (Phi) is 5.12. The smallest absolute Gasteiger partial charge is 0.0720 e. The number of fused-ring (bicyclic) bond motifs is 1. The summed E-state index contributed by atoms with van der Waals surface area (Å²) >= 11 is 0. The van der Waals surface area contributed by atoms with E-state index in [1.807, 2.05) is 6.07 Å². The maximum absolute atomic E-state index is 4.84. The molecule has 1 atom stereocenters. The average molecular weight is 367 g/mol. The van der Waals surface area contributed by atoms with Gasteiger partial charge in [-0.1, -0.05) is 90.4 Å². The lowest BCUT2D eigenvalue weighted by molar-refractivity contribution is 0.800. The molecule has 0 saturated carbocycles. The summed E-state index contributed by atoms with van der Waals surface area (Å²) in [4.78, 5) is 0. The third-order valence-corrected chi connectivity index (χ3v) is 5.69. The van der Waals surface area contributed by atoms with Crippen molar-refractivity contribution in [3.05, 3.63) is 101 Å². The van der Waals surface area contributed by atoms with Gasteiger partial charge in [0.1, 0.15) is 0 Å². The standard InChI is InChI=1S/C26H26N2/c1-18-15-19(2)25(20(18)3)17-26(22-10-5-4-6-11-22)28-27-24-14-13-21-9-7-8-12-23(21)16-24/h4-16,20,27H,17H2,1-3H3. The number of nitrogens with one attached hydrogen (secondary N) is 1. The molecule has 0 fully saturated rings. The molecule has 0 heterocycles. The molecule has 0 aromatic heterocycles. The molecule has 3 aromatic rings. The Labute approximate surface area is 167 Å². The summed E-state index contributed by atoms with van der Waals surface area (Å²) in [5.41, 5.74) is 10.8. The summed E-state index contributed by atoms with van der Waals surface area (Å²) in [5, 5.41) is 7.29. The second kappa shape index (κ2) is 7.85. The molecule has 0 saturated heterocycles. The van der Waals surface area contributed by atoms with E-state index in [0.717, 1.165) is 23.4 Å². The molecule has 0 bridgehead atoms. The van der Waals surface area contributed by atoms with Crippen molar-refractivity contribution < 1.29 is 0 Å². The topological polar surface area (TPSA) is 24.4 Å². The number of allylic oxidation sites excluding steroid dienone is 4. The summed E-state index contributed by atoms with van der Waals surface area (Å²) < 4.78 is 0. The van der Waals surface area contributed by atoms with Crippen molar-refractivity contribution in [2.45, 2.75) is 27.2 Å². The van der Waals surface area contributed by atoms with Gasteiger partial charge in [0.25, 0.3) is 0 Å². The van der Waals surface area contributed by atoms with Gasteiger partial charge in [-0.15, -0.1) is 0 Å². The van der Waals surface area contributed by atoms with Crippen molar-refractivity contribution in [3.63, 3.8) is 0 Å². The molecule has 1 aliphatic carbocycles. The number of anilines is 1. The monoisotopic (exact) mass is 366 g/mol. The lowest BCUT2D eigenvalue weighted by atomic mass is 9.91. The van der Waals surface area contributed by atoms with Gasteiger partial charge < -0.3 is 0 Å². The number of benzene rings is 3. The minimum Gasteiger partial charge on any atom is -0.278 e. The van der Waals surface area contributed by atoms with E-state index < -0.39 is 0 Å². The van der Waals surface area contributed by atoms with Crippen LogP contribution in [0.5, 0.6) is 0 Å². The first-order valence-corrected chi connectivity index (χ1v) is 9.86. The van der Waals surface area contributed by atoms with Crippen molar-refractivity contribution in [3.8, 4) is 0 Å². The lowest BCUT2D eigenvalue weighted by Gasteiger charge is -2.15. The predicted molar refractivity (Wildman–Crippen MR) is 121 cm³/mol. The Bertz CT molecular complexity index is 1090. The van der Waals surface area contributed by atoms with Crippen LogP contribution in [-0.2, 0) is 0 Å². The summed E-state index contributed by atoms with van der Waals surface area (Å²) in [6, 6.07) is 25.2. The molecular weight excluding hydrogens is 340 g/mol. The van der Waals surface area contributed by atoms with E-state index in [1.54, 1.807) is 0 Å². The SMILES string of the molecule is CC1=CC(C)=C(CC(=NNc2ccc3ccccc3c2)c2ccccc2)C1C. The van der Waals surface area contributed by atoms with Gasteiger partial charge in [-0.2, -0.15) is 5.10 Å². The highest BCUT2D eigenvalue weighted by atomic mass is 15.3. The zero-order valence-electron chi connectivity index (χ0n) is 16.7. The van der Waals surface area contributed by atoms with Gasteiger partial charge in [0.15, 0.2) is 0 Å². The van der Waals surface area contributed by atoms with Crippen LogP contribution in [0.15, 0.2) is 101 Å². The molecule has 140 valence electrons. The quantitative estimate of drug-likeness (QED) is 0.383. The molecule has 1 unspecified atom stereocenters. The van der Waals surface area contributed by atoms with E-state index >= 15 is 0 Å². The van der Waals surface area contributed by atoms with Crippen molar-refractivity contribution in [2.75, 3.05) is 5.43 Å². The fourth-order valence-corrected chi connectivity index (χ4v) is 3.88. The zero-order chi connectivity index (χ0) is 19.5. The average Bonchev–Trinajstić information content (AvgIpc) is 2.97. The number of rotatable bonds is 5. The fraction of sp³-hybridized carbons (Fsp3) is 0.192. The number of hydrogen-bond donors (Lipinski definition) is 1. The zero-order valence-corrected chi connectivity index (χ0v) is 16.7. The maximum atomic E-state index is 4.84. The minimum atomic E-state index is 0.481. The van der Waals surface area contributed by atoms with E-state index in [4.69, 9.17) is 5.10 Å². The molecule has 0 radical (unpaired) electrons. The molecule has 28 heavy (non-hydrogen) atoms. The summed E-state index contributed by atoms with van der Waals surface area (Å²) in [5.74, 6) is 0.481. The molecule has 0 amide bonds. The largest absolute Gasteiger partial charge is 0.278 e. The number of nitrogens with zero attached hydrogens (tertiary/aromatic N) is 1. The van der Waals surface area contributed by atoms with Gasteiger partial charge in [0.2, 0.25) is 0 Å². The molecule has 1 aliphatic rings. The Hall–Kier alpha value is -3.13. The highest BCUT2D eigenvalue weighted by molar-refractivity contribution is 6.02. The molecule has 4 rings (SSSR count). The van der Waals surface area contributed by atoms with Gasteiger partial charge >= 0.3 is 0 Å². The van der Waals surface area contributed by atoms with Gasteiger partial charge in [0.05, 0.1) is 11.4 Å². The highest BCUT2D eigenvalue weighted by Crippen LogP contribution is 2.34. The Morgan fingerprint density at radius 1 is 0.893 bits per heavy atom. The Morgan fingerprint density at radius 3 is 2.32 bits per heavy atom.